The third-order valence-corrected chi connectivity index (χ3v) is 6.01. The third-order valence-electron chi connectivity index (χ3n) is 3.06. The van der Waals surface area contributed by atoms with Crippen LogP contribution in [0.15, 0.2) is 34.5 Å². The van der Waals surface area contributed by atoms with Crippen LogP contribution < -0.4 is 10.5 Å². The maximum absolute atomic E-state index is 12.8. The zero-order valence-electron chi connectivity index (χ0n) is 11.6. The molecule has 0 saturated carbocycles. The summed E-state index contributed by atoms with van der Waals surface area (Å²) in [6, 6.07) is 6.01. The second-order valence-corrected chi connectivity index (χ2v) is 7.32. The fourth-order valence-corrected chi connectivity index (χ4v) is 4.77. The van der Waals surface area contributed by atoms with Gasteiger partial charge in [-0.15, -0.1) is 11.3 Å². The Kier molecular flexibility index (Phi) is 5.10. The van der Waals surface area contributed by atoms with E-state index in [9.17, 15) is 12.8 Å². The van der Waals surface area contributed by atoms with Crippen LogP contribution in [0.4, 0.5) is 4.39 Å². The van der Waals surface area contributed by atoms with Gasteiger partial charge in [-0.25, -0.2) is 17.5 Å². The first-order valence-electron chi connectivity index (χ1n) is 6.45. The molecule has 4 nitrogen and oxygen atoms in total. The van der Waals surface area contributed by atoms with Crippen LogP contribution in [0.2, 0.25) is 0 Å². The second kappa shape index (κ2) is 6.65. The standard InChI is InChI=1S/C14H17FN2O2S2/c1-10-9-20-13(8-16)14(10)21(18,19)17-7-6-11-2-4-12(15)5-3-11/h2-5,9,17H,6-8,16H2,1H3. The van der Waals surface area contributed by atoms with Gasteiger partial charge in [0.25, 0.3) is 0 Å². The van der Waals surface area contributed by atoms with Crippen LogP contribution in [0.25, 0.3) is 0 Å². The number of benzene rings is 1. The topological polar surface area (TPSA) is 72.2 Å². The zero-order valence-corrected chi connectivity index (χ0v) is 13.2. The van der Waals surface area contributed by atoms with Crippen LogP contribution >= 0.6 is 11.3 Å². The van der Waals surface area contributed by atoms with Gasteiger partial charge < -0.3 is 5.73 Å². The van der Waals surface area contributed by atoms with E-state index in [-0.39, 0.29) is 23.8 Å². The fraction of sp³-hybridized carbons (Fsp3) is 0.286. The quantitative estimate of drug-likeness (QED) is 0.854. The smallest absolute Gasteiger partial charge is 0.241 e. The lowest BCUT2D eigenvalue weighted by Gasteiger charge is -2.08. The van der Waals surface area contributed by atoms with Gasteiger partial charge in [0, 0.05) is 18.0 Å². The average Bonchev–Trinajstić information content (AvgIpc) is 2.83. The van der Waals surface area contributed by atoms with E-state index in [2.05, 4.69) is 4.72 Å². The molecule has 0 amide bonds. The molecule has 0 unspecified atom stereocenters. The minimum atomic E-state index is -3.56. The van der Waals surface area contributed by atoms with Gasteiger partial charge >= 0.3 is 0 Å². The van der Waals surface area contributed by atoms with Gasteiger partial charge in [0.2, 0.25) is 10.0 Å². The first kappa shape index (κ1) is 16.1. The molecule has 0 atom stereocenters. The summed E-state index contributed by atoms with van der Waals surface area (Å²) in [5.41, 5.74) is 7.16. The largest absolute Gasteiger partial charge is 0.326 e. The Morgan fingerprint density at radius 2 is 1.95 bits per heavy atom. The van der Waals surface area contributed by atoms with Crippen LogP contribution in [0.3, 0.4) is 0 Å². The van der Waals surface area contributed by atoms with Crippen LogP contribution in [0, 0.1) is 12.7 Å². The van der Waals surface area contributed by atoms with Crippen LogP contribution in [-0.4, -0.2) is 15.0 Å². The number of aryl methyl sites for hydroxylation is 1. The molecular formula is C14H17FN2O2S2. The molecule has 0 aliphatic carbocycles. The Balaban J connectivity index is 2.04. The maximum atomic E-state index is 12.8. The van der Waals surface area contributed by atoms with Crippen molar-refractivity contribution < 1.29 is 12.8 Å². The van der Waals surface area contributed by atoms with E-state index in [0.717, 1.165) is 5.56 Å². The van der Waals surface area contributed by atoms with Gasteiger partial charge in [0.05, 0.1) is 0 Å². The van der Waals surface area contributed by atoms with E-state index in [4.69, 9.17) is 5.73 Å². The second-order valence-electron chi connectivity index (χ2n) is 4.65. The lowest BCUT2D eigenvalue weighted by molar-refractivity contribution is 0.580. The van der Waals surface area contributed by atoms with Gasteiger partial charge in [0.15, 0.2) is 0 Å². The molecular weight excluding hydrogens is 311 g/mol. The van der Waals surface area contributed by atoms with Crippen molar-refractivity contribution in [3.8, 4) is 0 Å². The molecule has 1 heterocycles. The van der Waals surface area contributed by atoms with Crippen LogP contribution in [0.5, 0.6) is 0 Å². The van der Waals surface area contributed by atoms with Crippen molar-refractivity contribution in [1.29, 1.82) is 0 Å². The first-order chi connectivity index (χ1) is 9.94. The molecule has 0 spiro atoms. The molecule has 7 heteroatoms. The minimum Gasteiger partial charge on any atom is -0.326 e. The molecule has 21 heavy (non-hydrogen) atoms. The SMILES string of the molecule is Cc1csc(CN)c1S(=O)(=O)NCCc1ccc(F)cc1. The Hall–Kier alpha value is -1.28. The summed E-state index contributed by atoms with van der Waals surface area (Å²) in [5, 5.41) is 1.79. The lowest BCUT2D eigenvalue weighted by Crippen LogP contribution is -2.27. The highest BCUT2D eigenvalue weighted by atomic mass is 32.2. The number of rotatable bonds is 6. The highest BCUT2D eigenvalue weighted by Gasteiger charge is 2.21. The van der Waals surface area contributed by atoms with E-state index in [0.29, 0.717) is 16.9 Å². The van der Waals surface area contributed by atoms with Crippen molar-refractivity contribution in [1.82, 2.24) is 4.72 Å². The number of halogens is 1. The van der Waals surface area contributed by atoms with Crippen molar-refractivity contribution in [3.63, 3.8) is 0 Å². The number of sulfonamides is 1. The van der Waals surface area contributed by atoms with E-state index >= 15 is 0 Å². The molecule has 1 aromatic carbocycles. The number of thiophene rings is 1. The number of hydrogen-bond acceptors (Lipinski definition) is 4. The fourth-order valence-electron chi connectivity index (χ4n) is 2.04. The Labute approximate surface area is 127 Å². The number of nitrogens with two attached hydrogens (primary N) is 1. The molecule has 1 aromatic heterocycles. The van der Waals surface area contributed by atoms with E-state index in [1.165, 1.54) is 23.5 Å². The average molecular weight is 328 g/mol. The molecule has 114 valence electrons. The van der Waals surface area contributed by atoms with Crippen molar-refractivity contribution in [2.75, 3.05) is 6.54 Å². The molecule has 2 rings (SSSR count). The van der Waals surface area contributed by atoms with Crippen molar-refractivity contribution in [3.05, 3.63) is 51.5 Å². The predicted octanol–water partition coefficient (Wildman–Crippen LogP) is 2.18. The van der Waals surface area contributed by atoms with Crippen LogP contribution in [-0.2, 0) is 23.0 Å². The van der Waals surface area contributed by atoms with Gasteiger partial charge in [-0.05, 0) is 42.0 Å². The Morgan fingerprint density at radius 3 is 2.57 bits per heavy atom. The highest BCUT2D eigenvalue weighted by Crippen LogP contribution is 2.26. The van der Waals surface area contributed by atoms with E-state index in [1.807, 2.05) is 0 Å². The van der Waals surface area contributed by atoms with Gasteiger partial charge in [0.1, 0.15) is 10.7 Å². The molecule has 0 fully saturated rings. The summed E-state index contributed by atoms with van der Waals surface area (Å²) < 4.78 is 40.0. The lowest BCUT2D eigenvalue weighted by atomic mass is 10.1. The molecule has 0 aliphatic rings. The Bertz CT molecular complexity index is 709. The minimum absolute atomic E-state index is 0.201. The van der Waals surface area contributed by atoms with Crippen molar-refractivity contribution in [2.24, 2.45) is 5.73 Å². The molecule has 0 radical (unpaired) electrons. The van der Waals surface area contributed by atoms with Gasteiger partial charge in [-0.2, -0.15) is 0 Å². The predicted molar refractivity (Wildman–Crippen MR) is 82.2 cm³/mol. The summed E-state index contributed by atoms with van der Waals surface area (Å²) in [4.78, 5) is 0.941. The summed E-state index contributed by atoms with van der Waals surface area (Å²) in [7, 11) is -3.56. The maximum Gasteiger partial charge on any atom is 0.241 e. The first-order valence-corrected chi connectivity index (χ1v) is 8.81. The monoisotopic (exact) mass is 328 g/mol. The highest BCUT2D eigenvalue weighted by molar-refractivity contribution is 7.89. The van der Waals surface area contributed by atoms with Crippen molar-refractivity contribution >= 4 is 21.4 Å². The number of hydrogen-bond donors (Lipinski definition) is 2. The number of nitrogens with one attached hydrogen (secondary N) is 1. The van der Waals surface area contributed by atoms with Gasteiger partial charge in [-0.1, -0.05) is 12.1 Å². The molecule has 0 saturated heterocycles. The summed E-state index contributed by atoms with van der Waals surface area (Å²) >= 11 is 1.35. The normalized spacial score (nSPS) is 11.8. The summed E-state index contributed by atoms with van der Waals surface area (Å²) in [5.74, 6) is -0.305. The van der Waals surface area contributed by atoms with E-state index < -0.39 is 10.0 Å². The summed E-state index contributed by atoms with van der Waals surface area (Å²) in [6.07, 6.45) is 0.501. The van der Waals surface area contributed by atoms with Crippen molar-refractivity contribution in [2.45, 2.75) is 24.8 Å². The molecule has 3 N–H and O–H groups in total. The van der Waals surface area contributed by atoms with Crippen LogP contribution in [0.1, 0.15) is 16.0 Å². The third kappa shape index (κ3) is 3.88. The van der Waals surface area contributed by atoms with Gasteiger partial charge in [-0.3, -0.25) is 0 Å². The molecule has 0 aliphatic heterocycles. The zero-order chi connectivity index (χ0) is 15.5. The molecule has 2 aromatic rings. The van der Waals surface area contributed by atoms with E-state index in [1.54, 1.807) is 24.4 Å². The summed E-state index contributed by atoms with van der Waals surface area (Å²) in [6.45, 7) is 2.21. The Morgan fingerprint density at radius 1 is 1.29 bits per heavy atom. The molecule has 0 bridgehead atoms.